The lowest BCUT2D eigenvalue weighted by atomic mass is 10.2. The van der Waals surface area contributed by atoms with Gasteiger partial charge in [-0.05, 0) is 39.1 Å². The summed E-state index contributed by atoms with van der Waals surface area (Å²) in [6.07, 6.45) is -0.630. The molecule has 6 heteroatoms. The first-order chi connectivity index (χ1) is 8.78. The Morgan fingerprint density at radius 1 is 1.42 bits per heavy atom. The molecule has 2 rings (SSSR count). The van der Waals surface area contributed by atoms with Gasteiger partial charge in [0.05, 0.1) is 4.70 Å². The van der Waals surface area contributed by atoms with E-state index in [-0.39, 0.29) is 11.2 Å². The van der Waals surface area contributed by atoms with Crippen molar-refractivity contribution in [3.05, 3.63) is 27.5 Å². The van der Waals surface area contributed by atoms with E-state index in [9.17, 15) is 9.59 Å². The summed E-state index contributed by atoms with van der Waals surface area (Å²) in [6.45, 7) is 7.14. The molecule has 2 aromatic heterocycles. The number of carbonyl (C=O) groups excluding carboxylic acids is 1. The number of hydrogen-bond acceptors (Lipinski definition) is 4. The molecule has 1 amide bonds. The summed E-state index contributed by atoms with van der Waals surface area (Å²) in [6, 6.07) is 1.81. The van der Waals surface area contributed by atoms with Crippen molar-refractivity contribution in [3.8, 4) is 0 Å². The SMILES string of the molecule is Cc1[nH]c(=O)c(NC(=O)OC(C)(C)C)c2ccsc12. The van der Waals surface area contributed by atoms with Crippen LogP contribution in [-0.2, 0) is 4.74 Å². The fourth-order valence-electron chi connectivity index (χ4n) is 1.74. The normalized spacial score (nSPS) is 11.6. The molecule has 2 aromatic rings. The number of aromatic amines is 1. The van der Waals surface area contributed by atoms with Crippen molar-refractivity contribution < 1.29 is 9.53 Å². The number of fused-ring (bicyclic) bond motifs is 1. The van der Waals surface area contributed by atoms with E-state index in [4.69, 9.17) is 4.74 Å². The molecule has 19 heavy (non-hydrogen) atoms. The number of aryl methyl sites for hydroxylation is 1. The van der Waals surface area contributed by atoms with Crippen LogP contribution in [0.4, 0.5) is 10.5 Å². The maximum Gasteiger partial charge on any atom is 0.412 e. The van der Waals surface area contributed by atoms with E-state index < -0.39 is 11.7 Å². The van der Waals surface area contributed by atoms with Crippen molar-refractivity contribution in [2.24, 2.45) is 0 Å². The molecule has 0 unspecified atom stereocenters. The Labute approximate surface area is 114 Å². The number of anilines is 1. The first kappa shape index (κ1) is 13.6. The van der Waals surface area contributed by atoms with Gasteiger partial charge in [0, 0.05) is 11.1 Å². The van der Waals surface area contributed by atoms with E-state index in [1.54, 1.807) is 20.8 Å². The Bertz CT molecular complexity index is 679. The quantitative estimate of drug-likeness (QED) is 0.842. The van der Waals surface area contributed by atoms with Crippen LogP contribution in [0.25, 0.3) is 10.1 Å². The van der Waals surface area contributed by atoms with Gasteiger partial charge in [0.2, 0.25) is 0 Å². The summed E-state index contributed by atoms with van der Waals surface area (Å²) in [5.41, 5.74) is 0.102. The van der Waals surface area contributed by atoms with Crippen LogP contribution in [-0.4, -0.2) is 16.7 Å². The van der Waals surface area contributed by atoms with Crippen LogP contribution >= 0.6 is 11.3 Å². The van der Waals surface area contributed by atoms with Gasteiger partial charge in [0.25, 0.3) is 5.56 Å². The molecule has 2 heterocycles. The van der Waals surface area contributed by atoms with Crippen LogP contribution in [0.5, 0.6) is 0 Å². The number of H-pyrrole nitrogens is 1. The minimum atomic E-state index is -0.630. The van der Waals surface area contributed by atoms with Gasteiger partial charge in [-0.1, -0.05) is 0 Å². The molecule has 0 atom stereocenters. The number of thiophene rings is 1. The van der Waals surface area contributed by atoms with E-state index in [1.807, 2.05) is 18.4 Å². The van der Waals surface area contributed by atoms with E-state index in [0.29, 0.717) is 0 Å². The molecule has 0 saturated carbocycles. The highest BCUT2D eigenvalue weighted by Gasteiger charge is 2.19. The average molecular weight is 280 g/mol. The highest BCUT2D eigenvalue weighted by molar-refractivity contribution is 7.17. The number of nitrogens with one attached hydrogen (secondary N) is 2. The van der Waals surface area contributed by atoms with Crippen molar-refractivity contribution >= 4 is 33.2 Å². The number of rotatable bonds is 1. The Morgan fingerprint density at radius 2 is 2.11 bits per heavy atom. The van der Waals surface area contributed by atoms with Crippen molar-refractivity contribution in [3.63, 3.8) is 0 Å². The highest BCUT2D eigenvalue weighted by atomic mass is 32.1. The maximum absolute atomic E-state index is 11.9. The van der Waals surface area contributed by atoms with Crippen LogP contribution in [0.1, 0.15) is 26.5 Å². The van der Waals surface area contributed by atoms with Gasteiger partial charge in [-0.15, -0.1) is 11.3 Å². The molecular weight excluding hydrogens is 264 g/mol. The summed E-state index contributed by atoms with van der Waals surface area (Å²) in [7, 11) is 0. The van der Waals surface area contributed by atoms with Crippen LogP contribution < -0.4 is 10.9 Å². The van der Waals surface area contributed by atoms with Gasteiger partial charge in [0.1, 0.15) is 11.3 Å². The van der Waals surface area contributed by atoms with Crippen molar-refractivity contribution in [1.82, 2.24) is 4.98 Å². The maximum atomic E-state index is 11.9. The van der Waals surface area contributed by atoms with Gasteiger partial charge < -0.3 is 9.72 Å². The molecular formula is C13H16N2O3S. The number of amides is 1. The predicted molar refractivity (Wildman–Crippen MR) is 77.0 cm³/mol. The molecule has 2 N–H and O–H groups in total. The van der Waals surface area contributed by atoms with Gasteiger partial charge >= 0.3 is 6.09 Å². The van der Waals surface area contributed by atoms with Gasteiger partial charge in [-0.3, -0.25) is 10.1 Å². The second-order valence-electron chi connectivity index (χ2n) is 5.24. The monoisotopic (exact) mass is 280 g/mol. The lowest BCUT2D eigenvalue weighted by Crippen LogP contribution is -2.29. The summed E-state index contributed by atoms with van der Waals surface area (Å²) in [5, 5.41) is 5.14. The van der Waals surface area contributed by atoms with Crippen LogP contribution in [0.15, 0.2) is 16.2 Å². The summed E-state index contributed by atoms with van der Waals surface area (Å²) in [4.78, 5) is 26.4. The number of pyridine rings is 1. The molecule has 0 aromatic carbocycles. The zero-order valence-corrected chi connectivity index (χ0v) is 12.1. The third-order valence-corrected chi connectivity index (χ3v) is 3.46. The Balaban J connectivity index is 2.38. The Hall–Kier alpha value is -1.82. The minimum Gasteiger partial charge on any atom is -0.444 e. The summed E-state index contributed by atoms with van der Waals surface area (Å²) >= 11 is 1.51. The first-order valence-corrected chi connectivity index (χ1v) is 6.76. The number of aromatic nitrogens is 1. The van der Waals surface area contributed by atoms with Gasteiger partial charge in [0.15, 0.2) is 0 Å². The number of hydrogen-bond donors (Lipinski definition) is 2. The molecule has 0 saturated heterocycles. The molecule has 0 spiro atoms. The zero-order chi connectivity index (χ0) is 14.2. The lowest BCUT2D eigenvalue weighted by Gasteiger charge is -2.19. The molecule has 0 radical (unpaired) electrons. The van der Waals surface area contributed by atoms with Crippen LogP contribution in [0.2, 0.25) is 0 Å². The minimum absolute atomic E-state index is 0.233. The lowest BCUT2D eigenvalue weighted by molar-refractivity contribution is 0.0636. The third kappa shape index (κ3) is 2.96. The van der Waals surface area contributed by atoms with Crippen molar-refractivity contribution in [2.45, 2.75) is 33.3 Å². The van der Waals surface area contributed by atoms with Crippen LogP contribution in [0, 0.1) is 6.92 Å². The molecule has 0 aliphatic heterocycles. The third-order valence-electron chi connectivity index (χ3n) is 2.43. The molecule has 5 nitrogen and oxygen atoms in total. The van der Waals surface area contributed by atoms with E-state index in [1.165, 1.54) is 11.3 Å². The largest absolute Gasteiger partial charge is 0.444 e. The first-order valence-electron chi connectivity index (χ1n) is 5.88. The zero-order valence-electron chi connectivity index (χ0n) is 11.3. The Kier molecular flexibility index (Phi) is 3.36. The van der Waals surface area contributed by atoms with Gasteiger partial charge in [-0.2, -0.15) is 0 Å². The van der Waals surface area contributed by atoms with E-state index in [2.05, 4.69) is 10.3 Å². The van der Waals surface area contributed by atoms with Gasteiger partial charge in [-0.25, -0.2) is 4.79 Å². The van der Waals surface area contributed by atoms with E-state index in [0.717, 1.165) is 15.8 Å². The molecule has 102 valence electrons. The highest BCUT2D eigenvalue weighted by Crippen LogP contribution is 2.27. The average Bonchev–Trinajstić information content (AvgIpc) is 2.70. The standard InChI is InChI=1S/C13H16N2O3S/c1-7-10-8(5-6-19-10)9(11(16)14-7)15-12(17)18-13(2,3)4/h5-6H,1-4H3,(H,14,16)(H,15,17). The molecule has 0 aliphatic rings. The fourth-order valence-corrected chi connectivity index (χ4v) is 2.60. The van der Waals surface area contributed by atoms with Crippen molar-refractivity contribution in [2.75, 3.05) is 5.32 Å². The topological polar surface area (TPSA) is 71.2 Å². The smallest absolute Gasteiger partial charge is 0.412 e. The molecule has 0 aliphatic carbocycles. The number of ether oxygens (including phenoxy) is 1. The van der Waals surface area contributed by atoms with Crippen LogP contribution in [0.3, 0.4) is 0 Å². The molecule has 0 bridgehead atoms. The predicted octanol–water partition coefficient (Wildman–Crippen LogP) is 3.25. The van der Waals surface area contributed by atoms with Crippen molar-refractivity contribution in [1.29, 1.82) is 0 Å². The summed E-state index contributed by atoms with van der Waals surface area (Å²) < 4.78 is 6.10. The fraction of sp³-hybridized carbons (Fsp3) is 0.385. The Morgan fingerprint density at radius 3 is 2.74 bits per heavy atom. The summed E-state index contributed by atoms with van der Waals surface area (Å²) in [5.74, 6) is 0. The second-order valence-corrected chi connectivity index (χ2v) is 6.16. The van der Waals surface area contributed by atoms with E-state index >= 15 is 0 Å². The second kappa shape index (κ2) is 4.70. The number of carbonyl (C=O) groups is 1. The molecule has 0 fully saturated rings.